The van der Waals surface area contributed by atoms with E-state index >= 15 is 0 Å². The molecular formula is C23H27N3O5. The minimum Gasteiger partial charge on any atom is -0.497 e. The summed E-state index contributed by atoms with van der Waals surface area (Å²) in [4.78, 5) is 40.7. The van der Waals surface area contributed by atoms with Crippen molar-refractivity contribution >= 4 is 23.5 Å². The van der Waals surface area contributed by atoms with E-state index in [4.69, 9.17) is 9.47 Å². The Hall–Kier alpha value is -3.55. The number of benzene rings is 2. The molecular weight excluding hydrogens is 398 g/mol. The monoisotopic (exact) mass is 425 g/mol. The molecule has 1 aliphatic heterocycles. The third-order valence-electron chi connectivity index (χ3n) is 5.34. The van der Waals surface area contributed by atoms with Gasteiger partial charge < -0.3 is 14.8 Å². The van der Waals surface area contributed by atoms with E-state index in [9.17, 15) is 14.4 Å². The lowest BCUT2D eigenvalue weighted by atomic mass is 10.1. The van der Waals surface area contributed by atoms with Gasteiger partial charge in [-0.15, -0.1) is 0 Å². The van der Waals surface area contributed by atoms with E-state index in [2.05, 4.69) is 5.32 Å². The van der Waals surface area contributed by atoms with Gasteiger partial charge in [-0.25, -0.2) is 4.79 Å². The lowest BCUT2D eigenvalue weighted by Gasteiger charge is -2.21. The molecule has 31 heavy (non-hydrogen) atoms. The van der Waals surface area contributed by atoms with Crippen molar-refractivity contribution in [3.8, 4) is 11.5 Å². The van der Waals surface area contributed by atoms with Crippen molar-refractivity contribution in [1.29, 1.82) is 0 Å². The Morgan fingerprint density at radius 3 is 2.39 bits per heavy atom. The zero-order valence-electron chi connectivity index (χ0n) is 18.3. The van der Waals surface area contributed by atoms with Crippen LogP contribution in [0.25, 0.3) is 0 Å². The molecule has 8 heteroatoms. The van der Waals surface area contributed by atoms with Crippen LogP contribution < -0.4 is 19.7 Å². The van der Waals surface area contributed by atoms with Crippen LogP contribution in [0.1, 0.15) is 31.0 Å². The Balaban J connectivity index is 1.72. The third-order valence-corrected chi connectivity index (χ3v) is 5.34. The standard InChI is InChI=1S/C23H27N3O5/c1-14-6-8-17(9-7-14)26-16(3)22(28)25(23(26)29)13-21(27)24-15(2)19-12-18(30-4)10-11-20(19)31-5/h6-12,15-16H,13H2,1-5H3,(H,24,27)/t15-,16-/m0/s1. The van der Waals surface area contributed by atoms with Gasteiger partial charge in [0.15, 0.2) is 0 Å². The largest absolute Gasteiger partial charge is 0.497 e. The summed E-state index contributed by atoms with van der Waals surface area (Å²) in [6.45, 7) is 5.03. The molecule has 0 bridgehead atoms. The summed E-state index contributed by atoms with van der Waals surface area (Å²) >= 11 is 0. The van der Waals surface area contributed by atoms with Crippen molar-refractivity contribution in [2.24, 2.45) is 0 Å². The highest BCUT2D eigenvalue weighted by molar-refractivity contribution is 6.15. The Morgan fingerprint density at radius 2 is 1.77 bits per heavy atom. The van der Waals surface area contributed by atoms with Crippen LogP contribution in [0.5, 0.6) is 11.5 Å². The quantitative estimate of drug-likeness (QED) is 0.689. The highest BCUT2D eigenvalue weighted by Gasteiger charge is 2.44. The fourth-order valence-electron chi connectivity index (χ4n) is 3.60. The van der Waals surface area contributed by atoms with Crippen molar-refractivity contribution in [3.63, 3.8) is 0 Å². The summed E-state index contributed by atoms with van der Waals surface area (Å²) < 4.78 is 10.6. The van der Waals surface area contributed by atoms with Gasteiger partial charge in [-0.1, -0.05) is 17.7 Å². The molecule has 1 heterocycles. The number of carbonyl (C=O) groups excluding carboxylic acids is 3. The number of hydrogen-bond donors (Lipinski definition) is 1. The van der Waals surface area contributed by atoms with Gasteiger partial charge in [-0.2, -0.15) is 0 Å². The fraction of sp³-hybridized carbons (Fsp3) is 0.348. The molecule has 3 rings (SSSR count). The normalized spacial score (nSPS) is 17.0. The number of ether oxygens (including phenoxy) is 2. The van der Waals surface area contributed by atoms with Crippen LogP contribution >= 0.6 is 0 Å². The Kier molecular flexibility index (Phi) is 6.48. The van der Waals surface area contributed by atoms with Gasteiger partial charge in [-0.3, -0.25) is 19.4 Å². The second-order valence-electron chi connectivity index (χ2n) is 7.49. The van der Waals surface area contributed by atoms with E-state index in [1.54, 1.807) is 58.4 Å². The van der Waals surface area contributed by atoms with E-state index in [-0.39, 0.29) is 6.54 Å². The number of aryl methyl sites for hydroxylation is 1. The molecule has 4 amide bonds. The first-order valence-corrected chi connectivity index (χ1v) is 9.99. The Labute approximate surface area is 181 Å². The maximum atomic E-state index is 12.9. The Bertz CT molecular complexity index is 989. The number of methoxy groups -OCH3 is 2. The number of hydrogen-bond acceptors (Lipinski definition) is 5. The van der Waals surface area contributed by atoms with Crippen LogP contribution in [0.2, 0.25) is 0 Å². The summed E-state index contributed by atoms with van der Waals surface area (Å²) in [6, 6.07) is 11.0. The first kappa shape index (κ1) is 22.1. The van der Waals surface area contributed by atoms with Gasteiger partial charge >= 0.3 is 6.03 Å². The SMILES string of the molecule is COc1ccc(OC)c([C@H](C)NC(=O)CN2C(=O)[C@H](C)N(c3ccc(C)cc3)C2=O)c1. The number of urea groups is 1. The molecule has 164 valence electrons. The molecule has 0 spiro atoms. The van der Waals surface area contributed by atoms with Crippen LogP contribution in [-0.2, 0) is 9.59 Å². The summed E-state index contributed by atoms with van der Waals surface area (Å²) in [7, 11) is 3.10. The molecule has 0 aliphatic carbocycles. The number of nitrogens with zero attached hydrogens (tertiary/aromatic N) is 2. The third kappa shape index (κ3) is 4.47. The molecule has 0 unspecified atom stereocenters. The zero-order chi connectivity index (χ0) is 22.7. The average molecular weight is 425 g/mol. The van der Waals surface area contributed by atoms with Crippen LogP contribution in [-0.4, -0.2) is 49.6 Å². The van der Waals surface area contributed by atoms with Gasteiger partial charge in [0.05, 0.1) is 20.3 Å². The minimum absolute atomic E-state index is 0.360. The molecule has 0 radical (unpaired) electrons. The van der Waals surface area contributed by atoms with Crippen molar-refractivity contribution < 1.29 is 23.9 Å². The molecule has 0 aromatic heterocycles. The fourth-order valence-corrected chi connectivity index (χ4v) is 3.60. The van der Waals surface area contributed by atoms with Crippen molar-refractivity contribution in [3.05, 3.63) is 53.6 Å². The van der Waals surface area contributed by atoms with Crippen molar-refractivity contribution in [2.45, 2.75) is 32.9 Å². The van der Waals surface area contributed by atoms with Gasteiger partial charge in [-0.05, 0) is 51.1 Å². The second kappa shape index (κ2) is 9.07. The summed E-state index contributed by atoms with van der Waals surface area (Å²) in [5, 5.41) is 2.83. The second-order valence-corrected chi connectivity index (χ2v) is 7.49. The van der Waals surface area contributed by atoms with E-state index in [0.717, 1.165) is 16.0 Å². The molecule has 0 saturated carbocycles. The average Bonchev–Trinajstić information content (AvgIpc) is 2.97. The van der Waals surface area contributed by atoms with E-state index < -0.39 is 29.9 Å². The predicted octanol–water partition coefficient (Wildman–Crippen LogP) is 3.05. The van der Waals surface area contributed by atoms with Gasteiger partial charge in [0, 0.05) is 11.3 Å². The molecule has 2 aromatic carbocycles. The maximum absolute atomic E-state index is 12.9. The van der Waals surface area contributed by atoms with Crippen molar-refractivity contribution in [1.82, 2.24) is 10.2 Å². The number of amides is 4. The van der Waals surface area contributed by atoms with Crippen LogP contribution in [0.4, 0.5) is 10.5 Å². The molecule has 1 N–H and O–H groups in total. The summed E-state index contributed by atoms with van der Waals surface area (Å²) in [5.41, 5.74) is 2.39. The number of anilines is 1. The van der Waals surface area contributed by atoms with Gasteiger partial charge in [0.2, 0.25) is 5.91 Å². The molecule has 2 aromatic rings. The number of imide groups is 1. The zero-order valence-corrected chi connectivity index (χ0v) is 18.3. The van der Waals surface area contributed by atoms with Gasteiger partial charge in [0.25, 0.3) is 5.91 Å². The molecule has 8 nitrogen and oxygen atoms in total. The molecule has 1 saturated heterocycles. The highest BCUT2D eigenvalue weighted by atomic mass is 16.5. The molecule has 1 fully saturated rings. The minimum atomic E-state index is -0.682. The highest BCUT2D eigenvalue weighted by Crippen LogP contribution is 2.30. The lowest BCUT2D eigenvalue weighted by Crippen LogP contribution is -2.42. The topological polar surface area (TPSA) is 88.2 Å². The van der Waals surface area contributed by atoms with Crippen LogP contribution in [0, 0.1) is 6.92 Å². The van der Waals surface area contributed by atoms with Crippen molar-refractivity contribution in [2.75, 3.05) is 25.7 Å². The summed E-state index contributed by atoms with van der Waals surface area (Å²) in [5.74, 6) is 0.370. The number of rotatable bonds is 7. The molecule has 2 atom stereocenters. The first-order chi connectivity index (χ1) is 14.8. The summed E-state index contributed by atoms with van der Waals surface area (Å²) in [6.07, 6.45) is 0. The van der Waals surface area contributed by atoms with Crippen LogP contribution in [0.3, 0.4) is 0 Å². The Morgan fingerprint density at radius 1 is 1.10 bits per heavy atom. The maximum Gasteiger partial charge on any atom is 0.332 e. The van der Waals surface area contributed by atoms with E-state index in [1.807, 2.05) is 19.1 Å². The van der Waals surface area contributed by atoms with E-state index in [1.165, 1.54) is 4.90 Å². The molecule has 1 aliphatic rings. The van der Waals surface area contributed by atoms with Gasteiger partial charge in [0.1, 0.15) is 24.1 Å². The van der Waals surface area contributed by atoms with E-state index in [0.29, 0.717) is 17.2 Å². The first-order valence-electron chi connectivity index (χ1n) is 9.99. The smallest absolute Gasteiger partial charge is 0.332 e. The predicted molar refractivity (Wildman–Crippen MR) is 116 cm³/mol. The van der Waals surface area contributed by atoms with Crippen LogP contribution in [0.15, 0.2) is 42.5 Å². The number of nitrogens with one attached hydrogen (secondary N) is 1. The lowest BCUT2D eigenvalue weighted by molar-refractivity contribution is -0.132. The number of carbonyl (C=O) groups is 3.